The summed E-state index contributed by atoms with van der Waals surface area (Å²) in [5.41, 5.74) is 0. The summed E-state index contributed by atoms with van der Waals surface area (Å²) < 4.78 is 0. The topological polar surface area (TPSA) is 91.3 Å². The van der Waals surface area contributed by atoms with Crippen molar-refractivity contribution in [1.82, 2.24) is 10.3 Å². The molecule has 1 aromatic rings. The first-order valence-corrected chi connectivity index (χ1v) is 7.09. The van der Waals surface area contributed by atoms with Gasteiger partial charge in [0.05, 0.1) is 0 Å². The molecule has 0 bridgehead atoms. The van der Waals surface area contributed by atoms with Crippen LogP contribution in [0, 0.1) is 0 Å². The van der Waals surface area contributed by atoms with E-state index in [2.05, 4.69) is 15.6 Å². The highest BCUT2D eigenvalue weighted by Gasteiger charge is 2.19. The second-order valence-corrected chi connectivity index (χ2v) is 4.99. The van der Waals surface area contributed by atoms with Gasteiger partial charge in [0.1, 0.15) is 6.04 Å². The van der Waals surface area contributed by atoms with E-state index in [1.165, 1.54) is 23.1 Å². The maximum atomic E-state index is 11.5. The lowest BCUT2D eigenvalue weighted by Crippen LogP contribution is -2.43. The Morgan fingerprint density at radius 3 is 2.94 bits per heavy atom. The summed E-state index contributed by atoms with van der Waals surface area (Å²) in [6.45, 7) is 0. The van der Waals surface area contributed by atoms with E-state index >= 15 is 0 Å². The Bertz CT molecular complexity index is 370. The quantitative estimate of drug-likeness (QED) is 0.731. The van der Waals surface area contributed by atoms with Crippen molar-refractivity contribution in [3.63, 3.8) is 0 Å². The first-order chi connectivity index (χ1) is 8.13. The van der Waals surface area contributed by atoms with Gasteiger partial charge in [0.15, 0.2) is 5.13 Å². The van der Waals surface area contributed by atoms with Gasteiger partial charge in [0.25, 0.3) is 0 Å². The zero-order chi connectivity index (χ0) is 12.7. The van der Waals surface area contributed by atoms with Crippen molar-refractivity contribution >= 4 is 40.2 Å². The van der Waals surface area contributed by atoms with Gasteiger partial charge in [0.2, 0.25) is 0 Å². The van der Waals surface area contributed by atoms with Gasteiger partial charge in [0, 0.05) is 11.6 Å². The molecule has 8 heteroatoms. The van der Waals surface area contributed by atoms with Gasteiger partial charge in [-0.15, -0.1) is 11.3 Å². The predicted octanol–water partition coefficient (Wildman–Crippen LogP) is 1.47. The number of hydrogen-bond donors (Lipinski definition) is 3. The van der Waals surface area contributed by atoms with E-state index in [1.807, 2.05) is 6.26 Å². The average Bonchev–Trinajstić information content (AvgIpc) is 2.76. The van der Waals surface area contributed by atoms with Crippen molar-refractivity contribution < 1.29 is 14.7 Å². The molecule has 94 valence electrons. The summed E-state index contributed by atoms with van der Waals surface area (Å²) in [6, 6.07) is -1.42. The Labute approximate surface area is 107 Å². The van der Waals surface area contributed by atoms with Crippen LogP contribution in [0.25, 0.3) is 0 Å². The number of urea groups is 1. The van der Waals surface area contributed by atoms with Crippen LogP contribution in [0.2, 0.25) is 0 Å². The van der Waals surface area contributed by atoms with Crippen LogP contribution >= 0.6 is 23.1 Å². The highest BCUT2D eigenvalue weighted by Crippen LogP contribution is 2.10. The van der Waals surface area contributed by atoms with Gasteiger partial charge in [-0.05, 0) is 18.4 Å². The molecule has 6 nitrogen and oxygen atoms in total. The third-order valence-corrected chi connectivity index (χ3v) is 3.20. The highest BCUT2D eigenvalue weighted by molar-refractivity contribution is 7.98. The number of nitrogens with zero attached hydrogens (tertiary/aromatic N) is 1. The smallest absolute Gasteiger partial charge is 0.326 e. The fraction of sp³-hybridized carbons (Fsp3) is 0.444. The van der Waals surface area contributed by atoms with E-state index in [4.69, 9.17) is 5.11 Å². The number of amides is 2. The molecule has 1 aromatic heterocycles. The van der Waals surface area contributed by atoms with Crippen LogP contribution < -0.4 is 10.6 Å². The van der Waals surface area contributed by atoms with E-state index < -0.39 is 18.0 Å². The first kappa shape index (κ1) is 13.8. The summed E-state index contributed by atoms with van der Waals surface area (Å²) in [6.07, 6.45) is 3.83. The predicted molar refractivity (Wildman–Crippen MR) is 68.7 cm³/mol. The Balaban J connectivity index is 2.43. The normalized spacial score (nSPS) is 11.8. The van der Waals surface area contributed by atoms with Crippen LogP contribution in [0.4, 0.5) is 9.93 Å². The van der Waals surface area contributed by atoms with Gasteiger partial charge < -0.3 is 10.4 Å². The molecule has 17 heavy (non-hydrogen) atoms. The third kappa shape index (κ3) is 5.05. The molecular weight excluding hydrogens is 262 g/mol. The van der Waals surface area contributed by atoms with E-state index in [0.29, 0.717) is 17.3 Å². The molecule has 0 fully saturated rings. The minimum Gasteiger partial charge on any atom is -0.480 e. The molecule has 1 rings (SSSR count). The fourth-order valence-corrected chi connectivity index (χ4v) is 2.07. The van der Waals surface area contributed by atoms with E-state index in [9.17, 15) is 9.59 Å². The number of thioether (sulfide) groups is 1. The number of carboxylic acids is 1. The number of hydrogen-bond acceptors (Lipinski definition) is 5. The number of carbonyl (C=O) groups is 2. The Morgan fingerprint density at radius 1 is 1.65 bits per heavy atom. The summed E-state index contributed by atoms with van der Waals surface area (Å²) in [5.74, 6) is -0.359. The number of carboxylic acid groups (broad SMARTS) is 1. The van der Waals surface area contributed by atoms with Crippen LogP contribution in [0.3, 0.4) is 0 Å². The van der Waals surface area contributed by atoms with Crippen LogP contribution in [0.5, 0.6) is 0 Å². The second-order valence-electron chi connectivity index (χ2n) is 3.11. The van der Waals surface area contributed by atoms with E-state index in [-0.39, 0.29) is 0 Å². The average molecular weight is 275 g/mol. The lowest BCUT2D eigenvalue weighted by Gasteiger charge is -2.13. The fourth-order valence-electron chi connectivity index (χ4n) is 1.07. The number of anilines is 1. The molecule has 0 unspecified atom stereocenters. The van der Waals surface area contributed by atoms with Crippen LogP contribution in [-0.2, 0) is 4.79 Å². The molecule has 1 heterocycles. The highest BCUT2D eigenvalue weighted by atomic mass is 32.2. The summed E-state index contributed by atoms with van der Waals surface area (Å²) in [4.78, 5) is 26.2. The number of nitrogens with one attached hydrogen (secondary N) is 2. The lowest BCUT2D eigenvalue weighted by molar-refractivity contribution is -0.139. The summed E-state index contributed by atoms with van der Waals surface area (Å²) >= 11 is 2.80. The molecule has 3 N–H and O–H groups in total. The van der Waals surface area contributed by atoms with Gasteiger partial charge in [-0.3, -0.25) is 5.32 Å². The van der Waals surface area contributed by atoms with Crippen molar-refractivity contribution in [2.45, 2.75) is 12.5 Å². The van der Waals surface area contributed by atoms with Gasteiger partial charge in [-0.1, -0.05) is 0 Å². The SMILES string of the molecule is CSCC[C@@H](NC(=O)Nc1nccs1)C(=O)O. The second kappa shape index (κ2) is 7.13. The maximum absolute atomic E-state index is 11.5. The molecule has 2 amide bonds. The van der Waals surface area contributed by atoms with Crippen molar-refractivity contribution in [3.8, 4) is 0 Å². The molecule has 0 aromatic carbocycles. The van der Waals surface area contributed by atoms with E-state index in [0.717, 1.165) is 0 Å². The molecular formula is C9H13N3O3S2. The van der Waals surface area contributed by atoms with Crippen molar-refractivity contribution in [1.29, 1.82) is 0 Å². The maximum Gasteiger partial charge on any atom is 0.326 e. The minimum atomic E-state index is -1.03. The summed E-state index contributed by atoms with van der Waals surface area (Å²) in [7, 11) is 0. The Hall–Kier alpha value is -1.28. The standard InChI is InChI=1S/C9H13N3O3S2/c1-16-4-2-6(7(13)14)11-8(15)12-9-10-3-5-17-9/h3,5-6H,2,4H2,1H3,(H,13,14)(H2,10,11,12,15)/t6-/m1/s1. The van der Waals surface area contributed by atoms with Crippen LogP contribution in [-0.4, -0.2) is 40.1 Å². The molecule has 0 aliphatic rings. The molecule has 0 saturated carbocycles. The van der Waals surface area contributed by atoms with Crippen molar-refractivity contribution in [3.05, 3.63) is 11.6 Å². The largest absolute Gasteiger partial charge is 0.480 e. The molecule has 1 atom stereocenters. The number of thiazole rings is 1. The third-order valence-electron chi connectivity index (χ3n) is 1.87. The van der Waals surface area contributed by atoms with Crippen LogP contribution in [0.1, 0.15) is 6.42 Å². The van der Waals surface area contributed by atoms with E-state index in [1.54, 1.807) is 11.6 Å². The monoisotopic (exact) mass is 275 g/mol. The molecule has 0 aliphatic heterocycles. The first-order valence-electron chi connectivity index (χ1n) is 4.82. The molecule has 0 aliphatic carbocycles. The zero-order valence-electron chi connectivity index (χ0n) is 9.17. The number of aromatic nitrogens is 1. The Kier molecular flexibility index (Phi) is 5.78. The minimum absolute atomic E-state index is 0.391. The number of carbonyl (C=O) groups excluding carboxylic acids is 1. The Morgan fingerprint density at radius 2 is 2.41 bits per heavy atom. The van der Waals surface area contributed by atoms with Crippen molar-refractivity contribution in [2.75, 3.05) is 17.3 Å². The molecule has 0 spiro atoms. The van der Waals surface area contributed by atoms with Gasteiger partial charge >= 0.3 is 12.0 Å². The van der Waals surface area contributed by atoms with Crippen molar-refractivity contribution in [2.24, 2.45) is 0 Å². The number of aliphatic carboxylic acids is 1. The number of rotatable bonds is 6. The molecule has 0 saturated heterocycles. The summed E-state index contributed by atoms with van der Waals surface area (Å²) in [5, 5.41) is 15.9. The molecule has 0 radical (unpaired) electrons. The zero-order valence-corrected chi connectivity index (χ0v) is 10.8. The van der Waals surface area contributed by atoms with Crippen LogP contribution in [0.15, 0.2) is 11.6 Å². The van der Waals surface area contributed by atoms with Gasteiger partial charge in [-0.2, -0.15) is 11.8 Å². The lowest BCUT2D eigenvalue weighted by atomic mass is 10.2. The van der Waals surface area contributed by atoms with Gasteiger partial charge in [-0.25, -0.2) is 14.6 Å².